The van der Waals surface area contributed by atoms with Crippen molar-refractivity contribution in [3.05, 3.63) is 58.9 Å². The number of pyridine rings is 1. The number of hydrogen-bond acceptors (Lipinski definition) is 5. The van der Waals surface area contributed by atoms with Crippen LogP contribution in [-0.4, -0.2) is 48.9 Å². The van der Waals surface area contributed by atoms with E-state index in [0.717, 1.165) is 5.56 Å². The van der Waals surface area contributed by atoms with Crippen molar-refractivity contribution in [2.45, 2.75) is 37.5 Å². The van der Waals surface area contributed by atoms with E-state index in [1.54, 1.807) is 24.5 Å². The lowest BCUT2D eigenvalue weighted by Gasteiger charge is -2.34. The van der Waals surface area contributed by atoms with E-state index in [0.29, 0.717) is 6.54 Å². The highest BCUT2D eigenvalue weighted by Crippen LogP contribution is 2.28. The molecular weight excluding hydrogens is 402 g/mol. The van der Waals surface area contributed by atoms with Gasteiger partial charge in [-0.25, -0.2) is 8.42 Å². The van der Waals surface area contributed by atoms with Crippen LogP contribution in [0.2, 0.25) is 5.02 Å². The first-order chi connectivity index (χ1) is 13.3. The van der Waals surface area contributed by atoms with Crippen molar-refractivity contribution >= 4 is 27.5 Å². The number of halogens is 1. The molecule has 1 fully saturated rings. The normalized spacial score (nSPS) is 20.7. The minimum atomic E-state index is -3.85. The molecule has 0 radical (unpaired) electrons. The van der Waals surface area contributed by atoms with Crippen molar-refractivity contribution < 1.29 is 17.9 Å². The van der Waals surface area contributed by atoms with Crippen LogP contribution in [0.25, 0.3) is 0 Å². The second kappa shape index (κ2) is 8.57. The van der Waals surface area contributed by atoms with Crippen LogP contribution in [-0.2, 0) is 21.3 Å². The molecule has 9 heteroatoms. The lowest BCUT2D eigenvalue weighted by Crippen LogP contribution is -2.48. The minimum absolute atomic E-state index is 0.0768. The average molecular weight is 424 g/mol. The molecule has 1 aliphatic heterocycles. The van der Waals surface area contributed by atoms with Crippen molar-refractivity contribution in [3.8, 4) is 0 Å². The Balaban J connectivity index is 1.81. The summed E-state index contributed by atoms with van der Waals surface area (Å²) in [6.45, 7) is 4.43. The lowest BCUT2D eigenvalue weighted by molar-refractivity contribution is -0.0440. The second-order valence-corrected chi connectivity index (χ2v) is 9.08. The number of benzene rings is 1. The number of nitrogens with one attached hydrogen (secondary N) is 1. The highest BCUT2D eigenvalue weighted by molar-refractivity contribution is 7.89. The van der Waals surface area contributed by atoms with Crippen LogP contribution in [0.1, 0.15) is 29.8 Å². The largest absolute Gasteiger partial charge is 0.373 e. The Kier molecular flexibility index (Phi) is 6.34. The van der Waals surface area contributed by atoms with Gasteiger partial charge in [-0.15, -0.1) is 0 Å². The SMILES string of the molecule is CC1CN(S(=O)(=O)c2cc(C(=O)NCc3ccncc3)ccc2Cl)CC(C)O1. The monoisotopic (exact) mass is 423 g/mol. The van der Waals surface area contributed by atoms with Gasteiger partial charge in [0.15, 0.2) is 0 Å². The Bertz CT molecular complexity index is 943. The molecule has 7 nitrogen and oxygen atoms in total. The van der Waals surface area contributed by atoms with E-state index in [2.05, 4.69) is 10.3 Å². The summed E-state index contributed by atoms with van der Waals surface area (Å²) in [5.41, 5.74) is 1.12. The van der Waals surface area contributed by atoms with Crippen LogP contribution in [0.5, 0.6) is 0 Å². The van der Waals surface area contributed by atoms with Crippen LogP contribution in [0.4, 0.5) is 0 Å². The van der Waals surface area contributed by atoms with Crippen LogP contribution in [0.3, 0.4) is 0 Å². The zero-order chi connectivity index (χ0) is 20.3. The lowest BCUT2D eigenvalue weighted by atomic mass is 10.2. The minimum Gasteiger partial charge on any atom is -0.373 e. The van der Waals surface area contributed by atoms with Crippen molar-refractivity contribution in [1.29, 1.82) is 0 Å². The molecule has 0 spiro atoms. The smallest absolute Gasteiger partial charge is 0.251 e. The Morgan fingerprint density at radius 2 is 1.86 bits per heavy atom. The fourth-order valence-electron chi connectivity index (χ4n) is 3.09. The molecule has 0 aliphatic carbocycles. The van der Waals surface area contributed by atoms with Crippen LogP contribution >= 0.6 is 11.6 Å². The topological polar surface area (TPSA) is 88.6 Å². The highest BCUT2D eigenvalue weighted by Gasteiger charge is 2.33. The van der Waals surface area contributed by atoms with Gasteiger partial charge in [-0.05, 0) is 49.7 Å². The van der Waals surface area contributed by atoms with Gasteiger partial charge in [0, 0.05) is 37.6 Å². The van der Waals surface area contributed by atoms with Gasteiger partial charge in [0.05, 0.1) is 17.2 Å². The number of amides is 1. The maximum atomic E-state index is 13.1. The Morgan fingerprint density at radius 3 is 2.50 bits per heavy atom. The first kappa shape index (κ1) is 20.7. The number of ether oxygens (including phenoxy) is 1. The molecule has 3 rings (SSSR count). The van der Waals surface area contributed by atoms with Gasteiger partial charge in [0.25, 0.3) is 5.91 Å². The first-order valence-corrected chi connectivity index (χ1v) is 10.7. The van der Waals surface area contributed by atoms with Crippen molar-refractivity contribution in [2.24, 2.45) is 0 Å². The van der Waals surface area contributed by atoms with E-state index >= 15 is 0 Å². The number of carbonyl (C=O) groups is 1. The maximum absolute atomic E-state index is 13.1. The molecule has 2 heterocycles. The van der Waals surface area contributed by atoms with Crippen molar-refractivity contribution in [3.63, 3.8) is 0 Å². The number of rotatable bonds is 5. The van der Waals surface area contributed by atoms with Crippen LogP contribution < -0.4 is 5.32 Å². The fourth-order valence-corrected chi connectivity index (χ4v) is 5.18. The molecule has 1 N–H and O–H groups in total. The summed E-state index contributed by atoms with van der Waals surface area (Å²) >= 11 is 6.17. The number of hydrogen-bond donors (Lipinski definition) is 1. The average Bonchev–Trinajstić information content (AvgIpc) is 2.66. The number of aromatic nitrogens is 1. The maximum Gasteiger partial charge on any atom is 0.251 e. The molecule has 1 amide bonds. The molecule has 1 saturated heterocycles. The Morgan fingerprint density at radius 1 is 1.21 bits per heavy atom. The second-order valence-electron chi connectivity index (χ2n) is 6.76. The van der Waals surface area contributed by atoms with E-state index in [-0.39, 0.29) is 46.7 Å². The van der Waals surface area contributed by atoms with Gasteiger partial charge >= 0.3 is 0 Å². The summed E-state index contributed by atoms with van der Waals surface area (Å²) in [5.74, 6) is -0.381. The molecular formula is C19H22ClN3O4S. The van der Waals surface area contributed by atoms with Gasteiger partial charge in [-0.1, -0.05) is 11.6 Å². The van der Waals surface area contributed by atoms with E-state index < -0.39 is 10.0 Å². The van der Waals surface area contributed by atoms with Gasteiger partial charge in [0.1, 0.15) is 4.90 Å². The summed E-state index contributed by atoms with van der Waals surface area (Å²) < 4.78 is 33.2. The van der Waals surface area contributed by atoms with Crippen LogP contribution in [0.15, 0.2) is 47.6 Å². The highest BCUT2D eigenvalue weighted by atomic mass is 35.5. The van der Waals surface area contributed by atoms with E-state index in [1.165, 1.54) is 22.5 Å². The molecule has 2 aromatic rings. The van der Waals surface area contributed by atoms with Gasteiger partial charge in [-0.2, -0.15) is 4.31 Å². The molecule has 0 saturated carbocycles. The fraction of sp³-hybridized carbons (Fsp3) is 0.368. The summed E-state index contributed by atoms with van der Waals surface area (Å²) in [5, 5.41) is 2.85. The Labute approximate surface area is 169 Å². The predicted octanol–water partition coefficient (Wildman–Crippen LogP) is 2.46. The molecule has 2 atom stereocenters. The predicted molar refractivity (Wildman–Crippen MR) is 106 cm³/mol. The third kappa shape index (κ3) is 4.70. The van der Waals surface area contributed by atoms with Gasteiger partial charge in [0.2, 0.25) is 10.0 Å². The van der Waals surface area contributed by atoms with Gasteiger partial charge < -0.3 is 10.1 Å². The van der Waals surface area contributed by atoms with E-state index in [9.17, 15) is 13.2 Å². The zero-order valence-corrected chi connectivity index (χ0v) is 17.2. The molecule has 2 unspecified atom stereocenters. The summed E-state index contributed by atoms with van der Waals surface area (Å²) in [4.78, 5) is 16.3. The third-order valence-corrected chi connectivity index (χ3v) is 6.71. The summed E-state index contributed by atoms with van der Waals surface area (Å²) in [6.07, 6.45) is 2.84. The zero-order valence-electron chi connectivity index (χ0n) is 15.6. The molecule has 28 heavy (non-hydrogen) atoms. The summed E-state index contributed by atoms with van der Waals surface area (Å²) in [6, 6.07) is 7.85. The Hall–Kier alpha value is -2.00. The third-order valence-electron chi connectivity index (χ3n) is 4.40. The van der Waals surface area contributed by atoms with Crippen molar-refractivity contribution in [1.82, 2.24) is 14.6 Å². The molecule has 1 aliphatic rings. The molecule has 0 bridgehead atoms. The van der Waals surface area contributed by atoms with Crippen molar-refractivity contribution in [2.75, 3.05) is 13.1 Å². The molecule has 1 aromatic carbocycles. The number of sulfonamides is 1. The quantitative estimate of drug-likeness (QED) is 0.798. The number of nitrogens with zero attached hydrogens (tertiary/aromatic N) is 2. The number of carbonyl (C=O) groups excluding carboxylic acids is 1. The number of morpholine rings is 1. The van der Waals surface area contributed by atoms with Crippen LogP contribution in [0, 0.1) is 0 Å². The molecule has 150 valence electrons. The summed E-state index contributed by atoms with van der Waals surface area (Å²) in [7, 11) is -3.85. The first-order valence-electron chi connectivity index (χ1n) is 8.89. The standard InChI is InChI=1S/C19H22ClN3O4S/c1-13-11-23(12-14(2)27-13)28(25,26)18-9-16(3-4-17(18)20)19(24)22-10-15-5-7-21-8-6-15/h3-9,13-14H,10-12H2,1-2H3,(H,22,24). The van der Waals surface area contributed by atoms with E-state index in [1.807, 2.05) is 13.8 Å². The van der Waals surface area contributed by atoms with Gasteiger partial charge in [-0.3, -0.25) is 9.78 Å². The van der Waals surface area contributed by atoms with E-state index in [4.69, 9.17) is 16.3 Å². The molecule has 1 aromatic heterocycles.